The van der Waals surface area contributed by atoms with Gasteiger partial charge in [0.1, 0.15) is 0 Å². The summed E-state index contributed by atoms with van der Waals surface area (Å²) < 4.78 is 39.3. The fourth-order valence-electron chi connectivity index (χ4n) is 1.88. The second-order valence-electron chi connectivity index (χ2n) is 3.81. The van der Waals surface area contributed by atoms with Crippen molar-refractivity contribution in [3.05, 3.63) is 42.4 Å². The van der Waals surface area contributed by atoms with Crippen LogP contribution in [0.4, 0.5) is 0 Å². The number of aromatic nitrogens is 1. The average molecular weight is 284 g/mol. The molecule has 0 bridgehead atoms. The molecule has 1 aromatic carbocycles. The molecule has 2 heterocycles. The van der Waals surface area contributed by atoms with Gasteiger partial charge in [0.15, 0.2) is 5.76 Å². The highest BCUT2D eigenvalue weighted by Crippen LogP contribution is 2.29. The summed E-state index contributed by atoms with van der Waals surface area (Å²) in [6.07, 6.45) is 1.73. The molecule has 6 nitrogen and oxygen atoms in total. The minimum absolute atomic E-state index is 0.929. The smallest absolute Gasteiger partial charge is 0.250 e. The third-order valence-electron chi connectivity index (χ3n) is 2.58. The van der Waals surface area contributed by atoms with Crippen molar-refractivity contribution in [2.75, 3.05) is 0 Å². The number of halogens is 1. The molecule has 0 spiro atoms. The van der Waals surface area contributed by atoms with Crippen LogP contribution < -0.4 is 23.6 Å². The van der Waals surface area contributed by atoms with Crippen LogP contribution in [-0.2, 0) is 0 Å². The lowest BCUT2D eigenvalue weighted by Crippen LogP contribution is -2.68. The highest BCUT2D eigenvalue weighted by molar-refractivity contribution is 5.93. The van der Waals surface area contributed by atoms with Crippen molar-refractivity contribution in [2.45, 2.75) is 6.92 Å². The molecular weight excluding hydrogens is 274 g/mol. The van der Waals surface area contributed by atoms with E-state index in [0.29, 0.717) is 0 Å². The summed E-state index contributed by atoms with van der Waals surface area (Å²) in [7, 11) is -4.94. The van der Waals surface area contributed by atoms with Crippen molar-refractivity contribution in [1.82, 2.24) is 0 Å². The SMILES string of the molecule is Cc1occc2c3ccccc3[nH+]c1-2.[O-][Cl+3]([O-])([O-])[O-]. The van der Waals surface area contributed by atoms with E-state index >= 15 is 0 Å². The molecule has 0 saturated carbocycles. The molecule has 0 radical (unpaired) electrons. The molecular formula is C12H10ClNO5. The minimum atomic E-state index is -4.94. The van der Waals surface area contributed by atoms with Crippen molar-refractivity contribution in [1.29, 1.82) is 0 Å². The molecule has 0 amide bonds. The molecule has 0 fully saturated rings. The number of hydrogen-bond acceptors (Lipinski definition) is 5. The van der Waals surface area contributed by atoms with E-state index in [0.717, 1.165) is 17.0 Å². The van der Waals surface area contributed by atoms with Gasteiger partial charge in [0.25, 0.3) is 5.69 Å². The Labute approximate surface area is 110 Å². The molecule has 0 aromatic heterocycles. The van der Waals surface area contributed by atoms with E-state index in [-0.39, 0.29) is 0 Å². The maximum absolute atomic E-state index is 8.49. The number of aryl methyl sites for hydroxylation is 1. The van der Waals surface area contributed by atoms with Gasteiger partial charge in [-0.2, -0.15) is 0 Å². The number of H-pyrrole nitrogens is 1. The molecule has 1 N–H and O–H groups in total. The molecule has 1 aromatic rings. The second-order valence-corrected chi connectivity index (χ2v) is 4.57. The van der Waals surface area contributed by atoms with Crippen LogP contribution in [0.1, 0.15) is 5.76 Å². The zero-order valence-corrected chi connectivity index (χ0v) is 10.6. The lowest BCUT2D eigenvalue weighted by atomic mass is 10.1. The zero-order chi connectivity index (χ0) is 14.0. The van der Waals surface area contributed by atoms with Crippen molar-refractivity contribution in [3.8, 4) is 11.3 Å². The number of hydrogen-bond donors (Lipinski definition) is 0. The Kier molecular flexibility index (Phi) is 3.70. The fourth-order valence-corrected chi connectivity index (χ4v) is 1.88. The van der Waals surface area contributed by atoms with Gasteiger partial charge in [-0.05, 0) is 12.1 Å². The van der Waals surface area contributed by atoms with Gasteiger partial charge >= 0.3 is 0 Å². The Morgan fingerprint density at radius 1 is 1.05 bits per heavy atom. The summed E-state index contributed by atoms with van der Waals surface area (Å²) in [5.74, 6) is 0.929. The van der Waals surface area contributed by atoms with E-state index in [1.807, 2.05) is 19.1 Å². The van der Waals surface area contributed by atoms with E-state index in [2.05, 4.69) is 23.2 Å². The number of fused-ring (bicyclic) bond motifs is 3. The predicted octanol–water partition coefficient (Wildman–Crippen LogP) is -2.10. The quantitative estimate of drug-likeness (QED) is 0.468. The highest BCUT2D eigenvalue weighted by atomic mass is 35.7. The van der Waals surface area contributed by atoms with Gasteiger partial charge in [0, 0.05) is 13.0 Å². The molecule has 3 rings (SSSR count). The molecule has 100 valence electrons. The van der Waals surface area contributed by atoms with Gasteiger partial charge in [-0.3, -0.25) is 0 Å². The summed E-state index contributed by atoms with van der Waals surface area (Å²) in [6, 6.07) is 10.3. The number of nitrogens with one attached hydrogen (secondary N) is 1. The highest BCUT2D eigenvalue weighted by Gasteiger charge is 2.20. The predicted molar refractivity (Wildman–Crippen MR) is 54.1 cm³/mol. The Morgan fingerprint density at radius 2 is 1.68 bits per heavy atom. The van der Waals surface area contributed by atoms with Gasteiger partial charge in [0.05, 0.1) is 17.2 Å². The van der Waals surface area contributed by atoms with E-state index in [1.54, 1.807) is 6.26 Å². The first-order valence-electron chi connectivity index (χ1n) is 5.26. The standard InChI is InChI=1S/C12H9NO.ClHO4/c1-8-12-10(6-7-14-8)9-4-2-3-5-11(9)13-12;2-1(3,4)5/h2-7H,1H3;(H,2,3,4,5). The Balaban J connectivity index is 0.000000232. The lowest BCUT2D eigenvalue weighted by Gasteiger charge is -2.17. The maximum atomic E-state index is 8.49. The molecule has 0 saturated heterocycles. The summed E-state index contributed by atoms with van der Waals surface area (Å²) in [6.45, 7) is 1.97. The molecule has 2 aliphatic heterocycles. The monoisotopic (exact) mass is 283 g/mol. The van der Waals surface area contributed by atoms with Crippen LogP contribution in [0, 0.1) is 17.2 Å². The topological polar surface area (TPSA) is 120 Å². The van der Waals surface area contributed by atoms with Crippen molar-refractivity contribution in [3.63, 3.8) is 0 Å². The Morgan fingerprint density at radius 3 is 2.37 bits per heavy atom. The van der Waals surface area contributed by atoms with E-state index in [1.165, 1.54) is 10.9 Å². The Bertz CT molecular complexity index is 655. The third-order valence-corrected chi connectivity index (χ3v) is 2.58. The van der Waals surface area contributed by atoms with Crippen LogP contribution >= 0.6 is 0 Å². The van der Waals surface area contributed by atoms with Crippen LogP contribution in [0.2, 0.25) is 0 Å². The number of para-hydroxylation sites is 1. The normalized spacial score (nSPS) is 11.4. The first kappa shape index (κ1) is 13.7. The summed E-state index contributed by atoms with van der Waals surface area (Å²) in [5.41, 5.74) is 3.48. The van der Waals surface area contributed by atoms with Gasteiger partial charge in [0.2, 0.25) is 5.52 Å². The third kappa shape index (κ3) is 3.40. The molecule has 7 heteroatoms. The van der Waals surface area contributed by atoms with E-state index in [4.69, 9.17) is 23.1 Å². The molecule has 0 atom stereocenters. The minimum Gasteiger partial charge on any atom is -0.463 e. The number of rotatable bonds is 0. The van der Waals surface area contributed by atoms with Crippen molar-refractivity contribution < 1.29 is 38.3 Å². The molecule has 2 aliphatic rings. The fraction of sp³-hybridized carbons (Fsp3) is 0.0833. The molecule has 0 aliphatic carbocycles. The number of benzene rings is 1. The molecule has 0 unspecified atom stereocenters. The zero-order valence-electron chi connectivity index (χ0n) is 9.88. The average Bonchev–Trinajstić information content (AvgIpc) is 2.67. The van der Waals surface area contributed by atoms with Gasteiger partial charge < -0.3 is 4.42 Å². The Hall–Kier alpha value is -1.70. The van der Waals surface area contributed by atoms with Crippen molar-refractivity contribution in [2.24, 2.45) is 0 Å². The van der Waals surface area contributed by atoms with Crippen LogP contribution in [0.3, 0.4) is 0 Å². The van der Waals surface area contributed by atoms with Crippen molar-refractivity contribution >= 4 is 10.9 Å². The van der Waals surface area contributed by atoms with Crippen LogP contribution in [-0.4, -0.2) is 0 Å². The first-order valence-corrected chi connectivity index (χ1v) is 6.49. The van der Waals surface area contributed by atoms with Gasteiger partial charge in [-0.1, -0.05) is 12.1 Å². The van der Waals surface area contributed by atoms with Crippen LogP contribution in [0.5, 0.6) is 0 Å². The number of aromatic amines is 1. The summed E-state index contributed by atoms with van der Waals surface area (Å²) >= 11 is 0. The van der Waals surface area contributed by atoms with E-state index < -0.39 is 10.2 Å². The molecule has 19 heavy (non-hydrogen) atoms. The van der Waals surface area contributed by atoms with Gasteiger partial charge in [-0.25, -0.2) is 23.6 Å². The lowest BCUT2D eigenvalue weighted by molar-refractivity contribution is -2.00. The van der Waals surface area contributed by atoms with Crippen LogP contribution in [0.15, 0.2) is 41.0 Å². The van der Waals surface area contributed by atoms with Crippen LogP contribution in [0.25, 0.3) is 22.2 Å². The summed E-state index contributed by atoms with van der Waals surface area (Å²) in [4.78, 5) is 3.35. The van der Waals surface area contributed by atoms with E-state index in [9.17, 15) is 0 Å². The first-order chi connectivity index (χ1) is 8.86. The second kappa shape index (κ2) is 5.12. The van der Waals surface area contributed by atoms with Gasteiger partial charge in [-0.15, -0.1) is 10.2 Å². The summed E-state index contributed by atoms with van der Waals surface area (Å²) in [5, 5.41) is 1.25. The maximum Gasteiger partial charge on any atom is 0.250 e. The largest absolute Gasteiger partial charge is 0.463 e.